The van der Waals surface area contributed by atoms with Gasteiger partial charge in [-0.2, -0.15) is 0 Å². The average molecular weight is 335 g/mol. The summed E-state index contributed by atoms with van der Waals surface area (Å²) in [4.78, 5) is 33.6. The molecule has 1 unspecified atom stereocenters. The van der Waals surface area contributed by atoms with Gasteiger partial charge in [-0.1, -0.05) is 6.92 Å². The first-order valence-electron chi connectivity index (χ1n) is 8.28. The highest BCUT2D eigenvalue weighted by atomic mass is 16.4. The van der Waals surface area contributed by atoms with Crippen molar-refractivity contribution < 1.29 is 14.7 Å². The fourth-order valence-corrected chi connectivity index (χ4v) is 2.95. The van der Waals surface area contributed by atoms with Crippen LogP contribution in [0.3, 0.4) is 0 Å². The van der Waals surface area contributed by atoms with Gasteiger partial charge in [-0.15, -0.1) is 0 Å². The second-order valence-corrected chi connectivity index (χ2v) is 6.09. The number of hydrogen-bond donors (Lipinski definition) is 2. The predicted molar refractivity (Wildman–Crippen MR) is 90.0 cm³/mol. The van der Waals surface area contributed by atoms with Crippen LogP contribution in [0.4, 0.5) is 10.7 Å². The van der Waals surface area contributed by atoms with E-state index in [2.05, 4.69) is 21.8 Å². The Morgan fingerprint density at radius 1 is 1.46 bits per heavy atom. The Morgan fingerprint density at radius 3 is 2.58 bits per heavy atom. The molecule has 0 radical (unpaired) electrons. The molecule has 3 N–H and O–H groups in total. The summed E-state index contributed by atoms with van der Waals surface area (Å²) >= 11 is 0. The van der Waals surface area contributed by atoms with Gasteiger partial charge < -0.3 is 20.5 Å². The molecule has 24 heavy (non-hydrogen) atoms. The van der Waals surface area contributed by atoms with Crippen LogP contribution < -0.4 is 10.6 Å². The van der Waals surface area contributed by atoms with Crippen molar-refractivity contribution in [2.45, 2.75) is 32.2 Å². The molecule has 2 heterocycles. The number of carbonyl (C=O) groups is 2. The van der Waals surface area contributed by atoms with Crippen LogP contribution in [-0.2, 0) is 11.2 Å². The van der Waals surface area contributed by atoms with Gasteiger partial charge in [0.15, 0.2) is 0 Å². The van der Waals surface area contributed by atoms with E-state index in [0.717, 1.165) is 48.8 Å². The first kappa shape index (κ1) is 18.1. The minimum Gasteiger partial charge on any atom is -0.465 e. The van der Waals surface area contributed by atoms with Crippen molar-refractivity contribution in [3.05, 3.63) is 18.0 Å². The maximum absolute atomic E-state index is 11.1. The van der Waals surface area contributed by atoms with Crippen molar-refractivity contribution in [3.63, 3.8) is 0 Å². The van der Waals surface area contributed by atoms with Crippen LogP contribution in [0, 0.1) is 5.92 Å². The molecule has 1 fully saturated rings. The topological polar surface area (TPSA) is 113 Å². The number of amides is 1. The van der Waals surface area contributed by atoms with E-state index in [0.29, 0.717) is 6.29 Å². The molecule has 0 aliphatic carbocycles. The Hall–Kier alpha value is -2.22. The second kappa shape index (κ2) is 8.58. The van der Waals surface area contributed by atoms with Gasteiger partial charge in [0.05, 0.1) is 6.54 Å². The van der Waals surface area contributed by atoms with Gasteiger partial charge in [-0.05, 0) is 30.7 Å². The highest BCUT2D eigenvalue weighted by molar-refractivity contribution is 5.69. The molecule has 8 nitrogen and oxygen atoms in total. The summed E-state index contributed by atoms with van der Waals surface area (Å²) in [6, 6.07) is -0.272. The number of aromatic nitrogens is 2. The van der Waals surface area contributed by atoms with Crippen molar-refractivity contribution in [3.8, 4) is 0 Å². The summed E-state index contributed by atoms with van der Waals surface area (Å²) in [5.74, 6) is 0.956. The summed E-state index contributed by atoms with van der Waals surface area (Å²) < 4.78 is 0. The molecule has 1 saturated heterocycles. The molecule has 132 valence electrons. The maximum Gasteiger partial charge on any atom is 0.407 e. The number of carboxylic acid groups (broad SMARTS) is 1. The largest absolute Gasteiger partial charge is 0.465 e. The zero-order chi connectivity index (χ0) is 17.5. The standard InChI is InChI=1S/C16H25N5O3/c1-2-12-9-18-15(19-10-12)20-5-3-13(4-6-20)14(17)11-21(7-8-22)16(23)24/h8-10,13-14H,2-7,11,17H2,1H3,(H,23,24). The lowest BCUT2D eigenvalue weighted by Gasteiger charge is -2.35. The third-order valence-electron chi connectivity index (χ3n) is 4.52. The number of carbonyl (C=O) groups excluding carboxylic acids is 1. The number of piperidine rings is 1. The van der Waals surface area contributed by atoms with Crippen LogP contribution >= 0.6 is 0 Å². The molecular weight excluding hydrogens is 310 g/mol. The van der Waals surface area contributed by atoms with Crippen molar-refractivity contribution >= 4 is 18.3 Å². The lowest BCUT2D eigenvalue weighted by molar-refractivity contribution is -0.108. The molecular formula is C16H25N5O3. The first-order valence-corrected chi connectivity index (χ1v) is 8.28. The van der Waals surface area contributed by atoms with Gasteiger partial charge in [0.1, 0.15) is 6.29 Å². The molecule has 1 amide bonds. The summed E-state index contributed by atoms with van der Waals surface area (Å²) in [7, 11) is 0. The second-order valence-electron chi connectivity index (χ2n) is 6.09. The first-order chi connectivity index (χ1) is 11.5. The van der Waals surface area contributed by atoms with Gasteiger partial charge in [-0.25, -0.2) is 14.8 Å². The van der Waals surface area contributed by atoms with Crippen molar-refractivity contribution in [1.82, 2.24) is 14.9 Å². The number of anilines is 1. The quantitative estimate of drug-likeness (QED) is 0.707. The Bertz CT molecular complexity index is 543. The zero-order valence-corrected chi connectivity index (χ0v) is 14.0. The van der Waals surface area contributed by atoms with Crippen molar-refractivity contribution in [1.29, 1.82) is 0 Å². The molecule has 1 aliphatic rings. The Morgan fingerprint density at radius 2 is 2.08 bits per heavy atom. The molecule has 1 aromatic rings. The van der Waals surface area contributed by atoms with E-state index in [1.54, 1.807) is 0 Å². The number of aldehydes is 1. The minimum atomic E-state index is -1.11. The van der Waals surface area contributed by atoms with Crippen LogP contribution in [0.5, 0.6) is 0 Å². The Labute approximate surface area is 141 Å². The van der Waals surface area contributed by atoms with Gasteiger partial charge in [0.25, 0.3) is 0 Å². The van der Waals surface area contributed by atoms with Gasteiger partial charge in [0.2, 0.25) is 5.95 Å². The lowest BCUT2D eigenvalue weighted by atomic mass is 9.89. The minimum absolute atomic E-state index is 0.139. The number of rotatable bonds is 7. The third-order valence-corrected chi connectivity index (χ3v) is 4.52. The maximum atomic E-state index is 11.1. The van der Waals surface area contributed by atoms with E-state index in [-0.39, 0.29) is 25.0 Å². The number of aryl methyl sites for hydroxylation is 1. The highest BCUT2D eigenvalue weighted by Crippen LogP contribution is 2.23. The van der Waals surface area contributed by atoms with Crippen LogP contribution in [0.25, 0.3) is 0 Å². The van der Waals surface area contributed by atoms with Gasteiger partial charge >= 0.3 is 6.09 Å². The van der Waals surface area contributed by atoms with E-state index >= 15 is 0 Å². The van der Waals surface area contributed by atoms with E-state index in [1.807, 2.05) is 12.4 Å². The van der Waals surface area contributed by atoms with E-state index in [9.17, 15) is 9.59 Å². The third kappa shape index (κ3) is 4.64. The molecule has 1 aliphatic heterocycles. The smallest absolute Gasteiger partial charge is 0.407 e. The van der Waals surface area contributed by atoms with Crippen LogP contribution in [0.2, 0.25) is 0 Å². The highest BCUT2D eigenvalue weighted by Gasteiger charge is 2.27. The SMILES string of the molecule is CCc1cnc(N2CCC(C(N)CN(CC=O)C(=O)O)CC2)nc1. The van der Waals surface area contributed by atoms with E-state index < -0.39 is 6.09 Å². The van der Waals surface area contributed by atoms with Crippen LogP contribution in [0.15, 0.2) is 12.4 Å². The molecule has 0 saturated carbocycles. The van der Waals surface area contributed by atoms with Crippen molar-refractivity contribution in [2.24, 2.45) is 11.7 Å². The zero-order valence-electron chi connectivity index (χ0n) is 14.0. The normalized spacial score (nSPS) is 16.7. The monoisotopic (exact) mass is 335 g/mol. The number of nitrogens with two attached hydrogens (primary N) is 1. The van der Waals surface area contributed by atoms with Gasteiger partial charge in [0, 0.05) is 38.1 Å². The average Bonchev–Trinajstić information content (AvgIpc) is 2.61. The number of hydrogen-bond acceptors (Lipinski definition) is 6. The fourth-order valence-electron chi connectivity index (χ4n) is 2.95. The molecule has 8 heteroatoms. The summed E-state index contributed by atoms with van der Waals surface area (Å²) in [5.41, 5.74) is 7.28. The molecule has 0 aromatic carbocycles. The lowest BCUT2D eigenvalue weighted by Crippen LogP contribution is -2.48. The molecule has 1 atom stereocenters. The fraction of sp³-hybridized carbons (Fsp3) is 0.625. The van der Waals surface area contributed by atoms with Crippen molar-refractivity contribution in [2.75, 3.05) is 31.1 Å². The van der Waals surface area contributed by atoms with E-state index in [1.165, 1.54) is 0 Å². The molecule has 2 rings (SSSR count). The summed E-state index contributed by atoms with van der Waals surface area (Å²) in [6.07, 6.45) is 5.80. The summed E-state index contributed by atoms with van der Waals surface area (Å²) in [5, 5.41) is 9.07. The van der Waals surface area contributed by atoms with Gasteiger partial charge in [-0.3, -0.25) is 4.90 Å². The Balaban J connectivity index is 1.86. The predicted octanol–water partition coefficient (Wildman–Crippen LogP) is 0.762. The number of nitrogens with zero attached hydrogens (tertiary/aromatic N) is 4. The summed E-state index contributed by atoms with van der Waals surface area (Å²) in [6.45, 7) is 3.70. The molecule has 0 spiro atoms. The molecule has 0 bridgehead atoms. The van der Waals surface area contributed by atoms with E-state index in [4.69, 9.17) is 10.8 Å². The molecule has 1 aromatic heterocycles. The van der Waals surface area contributed by atoms with Crippen LogP contribution in [0.1, 0.15) is 25.3 Å². The van der Waals surface area contributed by atoms with Crippen LogP contribution in [-0.4, -0.2) is 64.6 Å². The Kier molecular flexibility index (Phi) is 6.48.